The minimum absolute atomic E-state index is 0.221. The van der Waals surface area contributed by atoms with Gasteiger partial charge >= 0.3 is 0 Å². The van der Waals surface area contributed by atoms with Gasteiger partial charge in [0.25, 0.3) is 0 Å². The van der Waals surface area contributed by atoms with Crippen molar-refractivity contribution in [3.8, 4) is 0 Å². The van der Waals surface area contributed by atoms with Gasteiger partial charge in [-0.05, 0) is 30.2 Å². The van der Waals surface area contributed by atoms with Gasteiger partial charge in [0.2, 0.25) is 11.8 Å². The average Bonchev–Trinajstić information content (AvgIpc) is 3.24. The van der Waals surface area contributed by atoms with Crippen molar-refractivity contribution in [2.45, 2.75) is 18.8 Å². The number of rotatable bonds is 3. The number of carbonyl (C=O) groups excluding carboxylic acids is 2. The van der Waals surface area contributed by atoms with E-state index in [1.165, 1.54) is 0 Å². The van der Waals surface area contributed by atoms with Gasteiger partial charge in [0.1, 0.15) is 11.8 Å². The van der Waals surface area contributed by atoms with Crippen molar-refractivity contribution in [3.63, 3.8) is 0 Å². The number of anilines is 2. The lowest BCUT2D eigenvalue weighted by Gasteiger charge is -2.38. The number of halogens is 1. The van der Waals surface area contributed by atoms with E-state index in [0.717, 1.165) is 54.0 Å². The van der Waals surface area contributed by atoms with Crippen molar-refractivity contribution in [2.75, 3.05) is 36.0 Å². The van der Waals surface area contributed by atoms with Crippen LogP contribution < -0.4 is 15.1 Å². The summed E-state index contributed by atoms with van der Waals surface area (Å²) < 4.78 is 5.13. The zero-order valence-corrected chi connectivity index (χ0v) is 17.1. The number of piperazine rings is 1. The third-order valence-electron chi connectivity index (χ3n) is 5.95. The van der Waals surface area contributed by atoms with Gasteiger partial charge < -0.3 is 14.3 Å². The maximum Gasteiger partial charge on any atom is 0.234 e. The highest BCUT2D eigenvalue weighted by atomic mass is 35.5. The largest absolute Gasteiger partial charge is 0.367 e. The molecule has 0 spiro atoms. The molecule has 3 aromatic rings. The smallest absolute Gasteiger partial charge is 0.234 e. The molecular formula is C22H21ClN4O3. The Morgan fingerprint density at radius 1 is 1.00 bits per heavy atom. The summed E-state index contributed by atoms with van der Waals surface area (Å²) >= 11 is 6.75. The van der Waals surface area contributed by atoms with Crippen molar-refractivity contribution in [1.29, 1.82) is 0 Å². The molecule has 7 nitrogen and oxygen atoms in total. The third-order valence-corrected chi connectivity index (χ3v) is 6.37. The molecule has 2 aromatic carbocycles. The molecule has 2 saturated heterocycles. The Hall–Kier alpha value is -3.06. The number of hydrogen-bond donors (Lipinski definition) is 1. The van der Waals surface area contributed by atoms with Crippen LogP contribution >= 0.6 is 11.6 Å². The van der Waals surface area contributed by atoms with Gasteiger partial charge in [0, 0.05) is 38.0 Å². The van der Waals surface area contributed by atoms with Gasteiger partial charge in [-0.25, -0.2) is 0 Å². The quantitative estimate of drug-likeness (QED) is 0.650. The first-order valence-corrected chi connectivity index (χ1v) is 10.4. The highest BCUT2D eigenvalue weighted by Crippen LogP contribution is 2.37. The molecule has 1 aromatic heterocycles. The molecule has 1 N–H and O–H groups in total. The second-order valence-electron chi connectivity index (χ2n) is 7.69. The molecule has 2 fully saturated rings. The molecule has 3 heterocycles. The van der Waals surface area contributed by atoms with Crippen LogP contribution in [0.25, 0.3) is 10.9 Å². The maximum absolute atomic E-state index is 12.3. The maximum atomic E-state index is 12.3. The normalized spacial score (nSPS) is 20.0. The molecule has 2 aliphatic rings. The van der Waals surface area contributed by atoms with Crippen LogP contribution in [0.2, 0.25) is 5.02 Å². The zero-order valence-electron chi connectivity index (χ0n) is 16.3. The Bertz CT molecular complexity index is 1120. The number of imide groups is 1. The lowest BCUT2D eigenvalue weighted by molar-refractivity contribution is -0.134. The number of benzene rings is 2. The first-order chi connectivity index (χ1) is 14.6. The van der Waals surface area contributed by atoms with Crippen LogP contribution in [-0.4, -0.2) is 43.2 Å². The SMILES string of the molecule is O=C1CCC(c2cccc(N3CCN(c4cccc5conc45)CC3)c2Cl)C(=O)N1. The summed E-state index contributed by atoms with van der Waals surface area (Å²) in [6, 6.07) is 11.9. The minimum atomic E-state index is -0.388. The van der Waals surface area contributed by atoms with E-state index in [2.05, 4.69) is 26.3 Å². The van der Waals surface area contributed by atoms with Gasteiger partial charge in [-0.15, -0.1) is 0 Å². The number of nitrogens with zero attached hydrogens (tertiary/aromatic N) is 3. The van der Waals surface area contributed by atoms with E-state index in [1.807, 2.05) is 30.3 Å². The molecule has 2 amide bonds. The highest BCUT2D eigenvalue weighted by molar-refractivity contribution is 6.34. The number of aromatic nitrogens is 1. The predicted octanol–water partition coefficient (Wildman–Crippen LogP) is 3.33. The number of carbonyl (C=O) groups is 2. The van der Waals surface area contributed by atoms with E-state index < -0.39 is 0 Å². The molecule has 1 atom stereocenters. The molecule has 0 aliphatic carbocycles. The highest BCUT2D eigenvalue weighted by Gasteiger charge is 2.31. The van der Waals surface area contributed by atoms with Crippen molar-refractivity contribution in [2.24, 2.45) is 0 Å². The number of nitrogens with one attached hydrogen (secondary N) is 1. The second-order valence-corrected chi connectivity index (χ2v) is 8.07. The lowest BCUT2D eigenvalue weighted by Crippen LogP contribution is -2.46. The number of amides is 2. The van der Waals surface area contributed by atoms with Crippen LogP contribution in [0.1, 0.15) is 24.3 Å². The van der Waals surface area contributed by atoms with E-state index in [9.17, 15) is 9.59 Å². The summed E-state index contributed by atoms with van der Waals surface area (Å²) in [5, 5.41) is 8.16. The Kier molecular flexibility index (Phi) is 4.83. The molecule has 0 saturated carbocycles. The average molecular weight is 425 g/mol. The summed E-state index contributed by atoms with van der Waals surface area (Å²) in [5.74, 6) is -0.876. The van der Waals surface area contributed by atoms with E-state index in [1.54, 1.807) is 6.26 Å². The van der Waals surface area contributed by atoms with Gasteiger partial charge in [0.05, 0.1) is 22.3 Å². The van der Waals surface area contributed by atoms with Crippen molar-refractivity contribution in [3.05, 3.63) is 53.2 Å². The minimum Gasteiger partial charge on any atom is -0.367 e. The monoisotopic (exact) mass is 424 g/mol. The van der Waals surface area contributed by atoms with Crippen LogP contribution in [0.5, 0.6) is 0 Å². The van der Waals surface area contributed by atoms with Gasteiger partial charge in [-0.3, -0.25) is 14.9 Å². The van der Waals surface area contributed by atoms with Gasteiger partial charge in [0.15, 0.2) is 0 Å². The summed E-state index contributed by atoms with van der Waals surface area (Å²) in [7, 11) is 0. The molecule has 0 bridgehead atoms. The Morgan fingerprint density at radius 3 is 2.47 bits per heavy atom. The molecule has 1 unspecified atom stereocenters. The zero-order chi connectivity index (χ0) is 20.7. The van der Waals surface area contributed by atoms with Gasteiger partial charge in [-0.1, -0.05) is 35.0 Å². The van der Waals surface area contributed by atoms with E-state index in [4.69, 9.17) is 16.1 Å². The van der Waals surface area contributed by atoms with E-state index >= 15 is 0 Å². The Morgan fingerprint density at radius 2 is 1.70 bits per heavy atom. The summed E-state index contributed by atoms with van der Waals surface area (Å²) in [6.45, 7) is 3.25. The van der Waals surface area contributed by atoms with Crippen LogP contribution in [0, 0.1) is 0 Å². The molecule has 30 heavy (non-hydrogen) atoms. The van der Waals surface area contributed by atoms with Gasteiger partial charge in [-0.2, -0.15) is 0 Å². The van der Waals surface area contributed by atoms with Crippen molar-refractivity contribution >= 4 is 45.7 Å². The second kappa shape index (κ2) is 7.65. The molecular weight excluding hydrogens is 404 g/mol. The third kappa shape index (κ3) is 3.29. The fourth-order valence-corrected chi connectivity index (χ4v) is 4.74. The van der Waals surface area contributed by atoms with Crippen LogP contribution in [0.15, 0.2) is 47.2 Å². The Labute approximate surface area is 178 Å². The summed E-state index contributed by atoms with van der Waals surface area (Å²) in [5.41, 5.74) is 3.67. The van der Waals surface area contributed by atoms with E-state index in [-0.39, 0.29) is 17.7 Å². The molecule has 154 valence electrons. The molecule has 0 radical (unpaired) electrons. The first-order valence-electron chi connectivity index (χ1n) is 10.1. The topological polar surface area (TPSA) is 78.7 Å². The molecule has 2 aliphatic heterocycles. The molecule has 5 rings (SSSR count). The first kappa shape index (κ1) is 18.9. The standard InChI is InChI=1S/C22H21ClN4O3/c23-20-15(16-7-8-19(28)24-22(16)29)4-2-5-17(20)26-9-11-27(12-10-26)18-6-1-3-14-13-30-25-21(14)18/h1-6,13,16H,7-12H2,(H,24,28,29). The number of fused-ring (bicyclic) bond motifs is 1. The van der Waals surface area contributed by atoms with Crippen LogP contribution in [0.4, 0.5) is 11.4 Å². The number of piperidine rings is 1. The molecule has 8 heteroatoms. The lowest BCUT2D eigenvalue weighted by atomic mass is 9.90. The summed E-state index contributed by atoms with van der Waals surface area (Å²) in [4.78, 5) is 28.3. The fraction of sp³-hybridized carbons (Fsp3) is 0.318. The number of hydrogen-bond acceptors (Lipinski definition) is 6. The fourth-order valence-electron chi connectivity index (χ4n) is 4.36. The van der Waals surface area contributed by atoms with Crippen molar-refractivity contribution in [1.82, 2.24) is 10.5 Å². The van der Waals surface area contributed by atoms with Crippen molar-refractivity contribution < 1.29 is 14.1 Å². The van der Waals surface area contributed by atoms with Crippen LogP contribution in [-0.2, 0) is 9.59 Å². The Balaban J connectivity index is 1.35. The summed E-state index contributed by atoms with van der Waals surface area (Å²) in [6.07, 6.45) is 2.49. The van der Waals surface area contributed by atoms with Crippen LogP contribution in [0.3, 0.4) is 0 Å². The van der Waals surface area contributed by atoms with E-state index in [0.29, 0.717) is 17.9 Å². The predicted molar refractivity (Wildman–Crippen MR) is 115 cm³/mol.